The molecule has 3 aromatic rings. The second-order valence-electron chi connectivity index (χ2n) is 7.31. The van der Waals surface area contributed by atoms with Crippen molar-refractivity contribution in [3.63, 3.8) is 0 Å². The first-order valence-corrected chi connectivity index (χ1v) is 10.9. The monoisotopic (exact) mass is 503 g/mol. The number of methoxy groups -OCH3 is 1. The molecule has 2 aromatic heterocycles. The van der Waals surface area contributed by atoms with Crippen molar-refractivity contribution in [3.05, 3.63) is 58.3 Å². The number of benzene rings is 1. The maximum atomic E-state index is 12.2. The summed E-state index contributed by atoms with van der Waals surface area (Å²) in [6.45, 7) is 1.72. The van der Waals surface area contributed by atoms with E-state index in [9.17, 15) is 9.59 Å². The molecule has 1 aromatic carbocycles. The number of hydrogen-bond acceptors (Lipinski definition) is 8. The molecule has 34 heavy (non-hydrogen) atoms. The zero-order valence-electron chi connectivity index (χ0n) is 17.9. The molecule has 176 valence electrons. The van der Waals surface area contributed by atoms with Crippen LogP contribution in [-0.4, -0.2) is 70.3 Å². The lowest BCUT2D eigenvalue weighted by molar-refractivity contribution is 0.0600. The largest absolute Gasteiger partial charge is 0.465 e. The molecule has 12 heteroatoms. The van der Waals surface area contributed by atoms with Gasteiger partial charge in [-0.3, -0.25) is 0 Å². The van der Waals surface area contributed by atoms with E-state index < -0.39 is 12.1 Å². The van der Waals surface area contributed by atoms with Crippen molar-refractivity contribution < 1.29 is 24.2 Å². The normalized spacial score (nSPS) is 13.5. The van der Waals surface area contributed by atoms with Crippen LogP contribution in [0.15, 0.2) is 42.7 Å². The van der Waals surface area contributed by atoms with Crippen LogP contribution < -0.4 is 9.64 Å². The molecule has 1 aliphatic heterocycles. The molecule has 0 saturated carbocycles. The van der Waals surface area contributed by atoms with Gasteiger partial charge < -0.3 is 24.4 Å². The summed E-state index contributed by atoms with van der Waals surface area (Å²) in [4.78, 5) is 39.6. The lowest BCUT2D eigenvalue weighted by atomic mass is 10.1. The highest BCUT2D eigenvalue weighted by Gasteiger charge is 2.22. The Labute approximate surface area is 204 Å². The Bertz CT molecular complexity index is 1200. The molecule has 4 rings (SSSR count). The van der Waals surface area contributed by atoms with E-state index in [4.69, 9.17) is 37.8 Å². The van der Waals surface area contributed by atoms with E-state index in [1.807, 2.05) is 4.90 Å². The molecule has 1 N–H and O–H groups in total. The second kappa shape index (κ2) is 10.1. The number of amides is 1. The number of esters is 1. The number of ether oxygens (including phenoxy) is 2. The minimum Gasteiger partial charge on any atom is -0.465 e. The maximum absolute atomic E-state index is 12.2. The fourth-order valence-electron chi connectivity index (χ4n) is 3.39. The number of anilines is 1. The molecule has 10 nitrogen and oxygen atoms in total. The van der Waals surface area contributed by atoms with Gasteiger partial charge in [-0.25, -0.2) is 24.5 Å². The highest BCUT2D eigenvalue weighted by atomic mass is 35.5. The summed E-state index contributed by atoms with van der Waals surface area (Å²) in [5, 5.41) is 9.91. The van der Waals surface area contributed by atoms with Gasteiger partial charge in [-0.1, -0.05) is 23.2 Å². The number of hydrogen-bond donors (Lipinski definition) is 1. The Balaban J connectivity index is 1.56. The number of piperazine rings is 1. The minimum absolute atomic E-state index is 0.125. The summed E-state index contributed by atoms with van der Waals surface area (Å²) < 4.78 is 10.7. The van der Waals surface area contributed by atoms with Crippen molar-refractivity contribution in [2.24, 2.45) is 0 Å². The number of carboxylic acid groups (broad SMARTS) is 1. The number of halogens is 2. The molecule has 0 aliphatic carbocycles. The molecule has 1 aliphatic rings. The number of pyridine rings is 1. The Kier molecular flexibility index (Phi) is 6.99. The molecule has 3 heterocycles. The Morgan fingerprint density at radius 1 is 0.971 bits per heavy atom. The fourth-order valence-corrected chi connectivity index (χ4v) is 3.91. The van der Waals surface area contributed by atoms with Crippen LogP contribution in [0.1, 0.15) is 10.4 Å². The maximum Gasteiger partial charge on any atom is 0.407 e. The molecule has 0 unspecified atom stereocenters. The van der Waals surface area contributed by atoms with Crippen LogP contribution in [-0.2, 0) is 4.74 Å². The van der Waals surface area contributed by atoms with Crippen molar-refractivity contribution >= 4 is 41.2 Å². The van der Waals surface area contributed by atoms with Gasteiger partial charge >= 0.3 is 12.1 Å². The predicted molar refractivity (Wildman–Crippen MR) is 125 cm³/mol. The quantitative estimate of drug-likeness (QED) is 0.510. The Morgan fingerprint density at radius 3 is 2.21 bits per heavy atom. The third kappa shape index (κ3) is 5.46. The fraction of sp³-hybridized carbons (Fsp3) is 0.227. The van der Waals surface area contributed by atoms with E-state index in [1.54, 1.807) is 24.3 Å². The zero-order chi connectivity index (χ0) is 24.2. The van der Waals surface area contributed by atoms with Crippen LogP contribution in [0.2, 0.25) is 10.0 Å². The van der Waals surface area contributed by atoms with Crippen LogP contribution in [0.4, 0.5) is 10.7 Å². The molecule has 0 spiro atoms. The predicted octanol–water partition coefficient (Wildman–Crippen LogP) is 4.22. The number of nitrogens with zero attached hydrogens (tertiary/aromatic N) is 5. The molecule has 1 saturated heterocycles. The van der Waals surface area contributed by atoms with E-state index in [0.717, 1.165) is 0 Å². The van der Waals surface area contributed by atoms with E-state index in [2.05, 4.69) is 15.0 Å². The SMILES string of the molecule is COC(=O)c1cc(Oc2cnc(N3CCN(C(=O)O)CC3)nc2)nc(-c2cc(Cl)cc(Cl)c2)c1. The topological polar surface area (TPSA) is 118 Å². The molecule has 0 bridgehead atoms. The minimum atomic E-state index is -0.939. The molecule has 1 fully saturated rings. The van der Waals surface area contributed by atoms with Gasteiger partial charge in [0, 0.05) is 47.9 Å². The van der Waals surface area contributed by atoms with Gasteiger partial charge in [0.25, 0.3) is 0 Å². The summed E-state index contributed by atoms with van der Waals surface area (Å²) in [6.07, 6.45) is 2.02. The third-order valence-electron chi connectivity index (χ3n) is 5.05. The Hall–Kier alpha value is -3.63. The number of aromatic nitrogens is 3. The van der Waals surface area contributed by atoms with Crippen LogP contribution >= 0.6 is 23.2 Å². The molecular weight excluding hydrogens is 485 g/mol. The van der Waals surface area contributed by atoms with Crippen molar-refractivity contribution in [1.29, 1.82) is 0 Å². The van der Waals surface area contributed by atoms with Gasteiger partial charge in [0.15, 0.2) is 5.75 Å². The lowest BCUT2D eigenvalue weighted by Gasteiger charge is -2.32. The zero-order valence-corrected chi connectivity index (χ0v) is 19.5. The van der Waals surface area contributed by atoms with Crippen LogP contribution in [0.3, 0.4) is 0 Å². The number of carbonyl (C=O) groups is 2. The van der Waals surface area contributed by atoms with Gasteiger partial charge in [0.2, 0.25) is 11.8 Å². The Morgan fingerprint density at radius 2 is 1.62 bits per heavy atom. The summed E-state index contributed by atoms with van der Waals surface area (Å²) in [5.74, 6) is 0.328. The van der Waals surface area contributed by atoms with Gasteiger partial charge in [0.1, 0.15) is 0 Å². The first-order chi connectivity index (χ1) is 16.3. The van der Waals surface area contributed by atoms with Crippen molar-refractivity contribution in [2.75, 3.05) is 38.2 Å². The van der Waals surface area contributed by atoms with Crippen molar-refractivity contribution in [2.45, 2.75) is 0 Å². The van der Waals surface area contributed by atoms with Crippen LogP contribution in [0.25, 0.3) is 11.3 Å². The summed E-state index contributed by atoms with van der Waals surface area (Å²) in [5.41, 5.74) is 1.24. The average Bonchev–Trinajstić information content (AvgIpc) is 2.83. The van der Waals surface area contributed by atoms with Crippen molar-refractivity contribution in [1.82, 2.24) is 19.9 Å². The van der Waals surface area contributed by atoms with Crippen molar-refractivity contribution in [3.8, 4) is 22.9 Å². The molecule has 0 atom stereocenters. The van der Waals surface area contributed by atoms with Gasteiger partial charge in [0.05, 0.1) is 30.8 Å². The standard InChI is InChI=1S/C22H19Cl2N5O5/c1-33-20(30)14-8-18(13-6-15(23)10-16(24)7-13)27-19(9-14)34-17-11-25-21(26-12-17)28-2-4-29(5-3-28)22(31)32/h6-12H,2-5H2,1H3,(H,31,32). The number of rotatable bonds is 5. The smallest absolute Gasteiger partial charge is 0.407 e. The number of carbonyl (C=O) groups excluding carboxylic acids is 1. The first kappa shape index (κ1) is 23.5. The summed E-state index contributed by atoms with van der Waals surface area (Å²) in [7, 11) is 1.28. The second-order valence-corrected chi connectivity index (χ2v) is 8.18. The highest BCUT2D eigenvalue weighted by Crippen LogP contribution is 2.30. The van der Waals surface area contributed by atoms with E-state index in [-0.39, 0.29) is 11.4 Å². The van der Waals surface area contributed by atoms with Crippen LogP contribution in [0, 0.1) is 0 Å². The molecule has 1 amide bonds. The third-order valence-corrected chi connectivity index (χ3v) is 5.49. The van der Waals surface area contributed by atoms with Crippen LogP contribution in [0.5, 0.6) is 11.6 Å². The van der Waals surface area contributed by atoms with Gasteiger partial charge in [-0.05, 0) is 24.3 Å². The summed E-state index contributed by atoms with van der Waals surface area (Å²) >= 11 is 12.2. The first-order valence-electron chi connectivity index (χ1n) is 10.1. The average molecular weight is 504 g/mol. The lowest BCUT2D eigenvalue weighted by Crippen LogP contribution is -2.48. The molecular formula is C22H19Cl2N5O5. The highest BCUT2D eigenvalue weighted by molar-refractivity contribution is 6.35. The molecule has 0 radical (unpaired) electrons. The van der Waals surface area contributed by atoms with E-state index >= 15 is 0 Å². The van der Waals surface area contributed by atoms with E-state index in [1.165, 1.54) is 30.5 Å². The summed E-state index contributed by atoms with van der Waals surface area (Å²) in [6, 6.07) is 7.93. The van der Waals surface area contributed by atoms with Gasteiger partial charge in [-0.15, -0.1) is 0 Å². The van der Waals surface area contributed by atoms with E-state index in [0.29, 0.717) is 59.2 Å². The van der Waals surface area contributed by atoms with Gasteiger partial charge in [-0.2, -0.15) is 0 Å².